The van der Waals surface area contributed by atoms with Gasteiger partial charge in [0, 0.05) is 24.2 Å². The van der Waals surface area contributed by atoms with Crippen LogP contribution in [0.15, 0.2) is 18.2 Å². The summed E-state index contributed by atoms with van der Waals surface area (Å²) in [7, 11) is 0. The summed E-state index contributed by atoms with van der Waals surface area (Å²) in [4.78, 5) is 10.5. The molecule has 0 heterocycles. The van der Waals surface area contributed by atoms with Crippen LogP contribution >= 0.6 is 0 Å². The smallest absolute Gasteiger partial charge is 0.270 e. The Labute approximate surface area is 126 Å². The Kier molecular flexibility index (Phi) is 7.75. The van der Waals surface area contributed by atoms with Crippen molar-refractivity contribution < 1.29 is 9.66 Å². The van der Waals surface area contributed by atoms with Gasteiger partial charge in [0.2, 0.25) is 0 Å². The zero-order chi connectivity index (χ0) is 15.7. The summed E-state index contributed by atoms with van der Waals surface area (Å²) < 4.78 is 5.85. The highest BCUT2D eigenvalue weighted by Crippen LogP contribution is 2.25. The normalized spacial score (nSPS) is 12.1. The van der Waals surface area contributed by atoms with Crippen LogP contribution in [-0.4, -0.2) is 18.1 Å². The molecular formula is C16H26N2O3. The van der Waals surface area contributed by atoms with E-state index >= 15 is 0 Å². The zero-order valence-electron chi connectivity index (χ0n) is 13.2. The monoisotopic (exact) mass is 294 g/mol. The number of hydrogen-bond donors (Lipinski definition) is 1. The van der Waals surface area contributed by atoms with Gasteiger partial charge in [-0.15, -0.1) is 0 Å². The van der Waals surface area contributed by atoms with E-state index in [0.717, 1.165) is 37.1 Å². The number of nitro benzene ring substituents is 1. The summed E-state index contributed by atoms with van der Waals surface area (Å²) in [6.45, 7) is 8.52. The van der Waals surface area contributed by atoms with E-state index in [2.05, 4.69) is 26.1 Å². The SMILES string of the molecule is CCCNCc1cc([N+](=O)[O-])ccc1OCC(C)CCC. The van der Waals surface area contributed by atoms with E-state index in [4.69, 9.17) is 4.74 Å². The molecule has 21 heavy (non-hydrogen) atoms. The average Bonchev–Trinajstić information content (AvgIpc) is 2.46. The molecule has 1 rings (SSSR count). The van der Waals surface area contributed by atoms with Crippen LogP contribution in [0.1, 0.15) is 45.6 Å². The van der Waals surface area contributed by atoms with E-state index in [1.165, 1.54) is 6.07 Å². The van der Waals surface area contributed by atoms with Crippen LogP contribution < -0.4 is 10.1 Å². The Morgan fingerprint density at radius 1 is 1.33 bits per heavy atom. The Morgan fingerprint density at radius 2 is 2.10 bits per heavy atom. The fraction of sp³-hybridized carbons (Fsp3) is 0.625. The molecule has 0 amide bonds. The number of hydrogen-bond acceptors (Lipinski definition) is 4. The average molecular weight is 294 g/mol. The van der Waals surface area contributed by atoms with Gasteiger partial charge >= 0.3 is 0 Å². The van der Waals surface area contributed by atoms with Crippen molar-refractivity contribution in [3.05, 3.63) is 33.9 Å². The minimum Gasteiger partial charge on any atom is -0.493 e. The number of nitrogens with one attached hydrogen (secondary N) is 1. The summed E-state index contributed by atoms with van der Waals surface area (Å²) in [6, 6.07) is 4.81. The van der Waals surface area contributed by atoms with Crippen LogP contribution in [0.25, 0.3) is 0 Å². The molecule has 0 saturated carbocycles. The second kappa shape index (κ2) is 9.34. The lowest BCUT2D eigenvalue weighted by molar-refractivity contribution is -0.384. The van der Waals surface area contributed by atoms with Crippen molar-refractivity contribution in [2.45, 2.75) is 46.6 Å². The maximum atomic E-state index is 10.9. The topological polar surface area (TPSA) is 64.4 Å². The third kappa shape index (κ3) is 6.12. The highest BCUT2D eigenvalue weighted by Gasteiger charge is 2.12. The van der Waals surface area contributed by atoms with Crippen molar-refractivity contribution in [2.24, 2.45) is 5.92 Å². The van der Waals surface area contributed by atoms with E-state index in [1.54, 1.807) is 12.1 Å². The summed E-state index contributed by atoms with van der Waals surface area (Å²) >= 11 is 0. The Bertz CT molecular complexity index is 449. The Hall–Kier alpha value is -1.62. The number of non-ortho nitro benzene ring substituents is 1. The largest absolute Gasteiger partial charge is 0.493 e. The van der Waals surface area contributed by atoms with Gasteiger partial charge in [0.1, 0.15) is 5.75 Å². The third-order valence-corrected chi connectivity index (χ3v) is 3.30. The van der Waals surface area contributed by atoms with E-state index < -0.39 is 0 Å². The minimum absolute atomic E-state index is 0.109. The summed E-state index contributed by atoms with van der Waals surface area (Å²) in [5.41, 5.74) is 0.957. The number of benzene rings is 1. The molecule has 1 unspecified atom stereocenters. The number of rotatable bonds is 10. The molecule has 118 valence electrons. The van der Waals surface area contributed by atoms with Crippen LogP contribution in [0.5, 0.6) is 5.75 Å². The second-order valence-electron chi connectivity index (χ2n) is 5.43. The van der Waals surface area contributed by atoms with Gasteiger partial charge < -0.3 is 10.1 Å². The maximum Gasteiger partial charge on any atom is 0.270 e. The first-order chi connectivity index (χ1) is 10.1. The van der Waals surface area contributed by atoms with Gasteiger partial charge in [0.25, 0.3) is 5.69 Å². The standard InChI is InChI=1S/C16H26N2O3/c1-4-6-13(3)12-21-16-8-7-15(18(19)20)10-14(16)11-17-9-5-2/h7-8,10,13,17H,4-6,9,11-12H2,1-3H3. The van der Waals surface area contributed by atoms with Crippen LogP contribution in [-0.2, 0) is 6.54 Å². The fourth-order valence-corrected chi connectivity index (χ4v) is 2.17. The molecule has 5 nitrogen and oxygen atoms in total. The van der Waals surface area contributed by atoms with Gasteiger partial charge in [-0.3, -0.25) is 10.1 Å². The summed E-state index contributed by atoms with van der Waals surface area (Å²) in [5.74, 6) is 1.23. The van der Waals surface area contributed by atoms with Crippen LogP contribution in [0.3, 0.4) is 0 Å². The minimum atomic E-state index is -0.368. The van der Waals surface area contributed by atoms with E-state index in [-0.39, 0.29) is 10.6 Å². The van der Waals surface area contributed by atoms with Gasteiger partial charge in [-0.1, -0.05) is 27.2 Å². The third-order valence-electron chi connectivity index (χ3n) is 3.30. The molecule has 0 aliphatic heterocycles. The molecule has 0 fully saturated rings. The van der Waals surface area contributed by atoms with Gasteiger partial charge in [0.15, 0.2) is 0 Å². The first-order valence-corrected chi connectivity index (χ1v) is 7.69. The van der Waals surface area contributed by atoms with Crippen molar-refractivity contribution >= 4 is 5.69 Å². The molecule has 0 bridgehead atoms. The highest BCUT2D eigenvalue weighted by molar-refractivity contribution is 5.43. The summed E-state index contributed by atoms with van der Waals surface area (Å²) in [6.07, 6.45) is 3.28. The molecule has 0 radical (unpaired) electrons. The Balaban J connectivity index is 2.77. The van der Waals surface area contributed by atoms with Crippen molar-refractivity contribution in [3.63, 3.8) is 0 Å². The zero-order valence-corrected chi connectivity index (χ0v) is 13.2. The van der Waals surface area contributed by atoms with Crippen LogP contribution in [0.2, 0.25) is 0 Å². The quantitative estimate of drug-likeness (QED) is 0.404. The van der Waals surface area contributed by atoms with Crippen molar-refractivity contribution in [2.75, 3.05) is 13.2 Å². The molecule has 0 aromatic heterocycles. The lowest BCUT2D eigenvalue weighted by atomic mass is 10.1. The molecule has 0 aliphatic carbocycles. The molecule has 1 atom stereocenters. The van der Waals surface area contributed by atoms with Crippen molar-refractivity contribution in [3.8, 4) is 5.75 Å². The number of nitrogens with zero attached hydrogens (tertiary/aromatic N) is 1. The second-order valence-corrected chi connectivity index (χ2v) is 5.43. The number of ether oxygens (including phenoxy) is 1. The first kappa shape index (κ1) is 17.4. The molecule has 0 aliphatic rings. The van der Waals surface area contributed by atoms with Crippen LogP contribution in [0, 0.1) is 16.0 Å². The molecule has 5 heteroatoms. The van der Waals surface area contributed by atoms with Gasteiger partial charge in [0.05, 0.1) is 11.5 Å². The molecule has 0 spiro atoms. The molecule has 0 saturated heterocycles. The first-order valence-electron chi connectivity index (χ1n) is 7.69. The van der Waals surface area contributed by atoms with E-state index in [0.29, 0.717) is 19.1 Å². The van der Waals surface area contributed by atoms with Gasteiger partial charge in [-0.05, 0) is 31.4 Å². The predicted molar refractivity (Wildman–Crippen MR) is 84.7 cm³/mol. The Morgan fingerprint density at radius 3 is 2.71 bits per heavy atom. The highest BCUT2D eigenvalue weighted by atomic mass is 16.6. The molecule has 1 N–H and O–H groups in total. The van der Waals surface area contributed by atoms with Crippen molar-refractivity contribution in [1.82, 2.24) is 5.32 Å². The predicted octanol–water partition coefficient (Wildman–Crippen LogP) is 3.91. The lowest BCUT2D eigenvalue weighted by Crippen LogP contribution is -2.16. The maximum absolute atomic E-state index is 10.9. The number of nitro groups is 1. The van der Waals surface area contributed by atoms with Crippen LogP contribution in [0.4, 0.5) is 5.69 Å². The molecule has 1 aromatic carbocycles. The van der Waals surface area contributed by atoms with Gasteiger partial charge in [-0.25, -0.2) is 0 Å². The molecule has 1 aromatic rings. The van der Waals surface area contributed by atoms with Gasteiger partial charge in [-0.2, -0.15) is 0 Å². The van der Waals surface area contributed by atoms with E-state index in [1.807, 2.05) is 0 Å². The lowest BCUT2D eigenvalue weighted by Gasteiger charge is -2.15. The molecular weight excluding hydrogens is 268 g/mol. The summed E-state index contributed by atoms with van der Waals surface area (Å²) in [5, 5.41) is 14.2. The van der Waals surface area contributed by atoms with E-state index in [9.17, 15) is 10.1 Å². The fourth-order valence-electron chi connectivity index (χ4n) is 2.17. The van der Waals surface area contributed by atoms with Crippen molar-refractivity contribution in [1.29, 1.82) is 0 Å².